The van der Waals surface area contributed by atoms with E-state index < -0.39 is 29.7 Å². The second kappa shape index (κ2) is 10.3. The molecule has 4 rings (SSSR count). The maximum absolute atomic E-state index is 13.1. The van der Waals surface area contributed by atoms with Crippen LogP contribution in [0.3, 0.4) is 0 Å². The molecule has 1 N–H and O–H groups in total. The Morgan fingerprint density at radius 2 is 2.00 bits per heavy atom. The SMILES string of the molecule is CCC1=C2[C@@H](CC/C(C)=C/c3cc(I)c(O)c(OC)c3)OC[C@@H]2[C@@H]2C(=O)N(C(=O)OC)C(=O)[C@@H]2C1. The van der Waals surface area contributed by atoms with Gasteiger partial charge >= 0.3 is 6.09 Å². The molecular formula is C26H30INO7. The number of amides is 3. The van der Waals surface area contributed by atoms with Crippen LogP contribution in [0.5, 0.6) is 11.5 Å². The van der Waals surface area contributed by atoms with E-state index in [9.17, 15) is 19.5 Å². The summed E-state index contributed by atoms with van der Waals surface area (Å²) in [5, 5.41) is 10.1. The van der Waals surface area contributed by atoms with Crippen molar-refractivity contribution in [2.45, 2.75) is 45.6 Å². The van der Waals surface area contributed by atoms with Crippen LogP contribution in [-0.2, 0) is 19.1 Å². The van der Waals surface area contributed by atoms with Crippen LogP contribution in [0.2, 0.25) is 0 Å². The van der Waals surface area contributed by atoms with E-state index in [1.165, 1.54) is 14.2 Å². The summed E-state index contributed by atoms with van der Waals surface area (Å²) in [5.41, 5.74) is 4.39. The molecule has 1 aliphatic carbocycles. The van der Waals surface area contributed by atoms with Gasteiger partial charge < -0.3 is 19.3 Å². The van der Waals surface area contributed by atoms with Gasteiger partial charge in [-0.2, -0.15) is 4.90 Å². The van der Waals surface area contributed by atoms with E-state index in [1.807, 2.05) is 6.07 Å². The summed E-state index contributed by atoms with van der Waals surface area (Å²) in [6, 6.07) is 3.71. The molecule has 188 valence electrons. The zero-order chi connectivity index (χ0) is 25.4. The van der Waals surface area contributed by atoms with Crippen LogP contribution >= 0.6 is 22.6 Å². The van der Waals surface area contributed by atoms with Crippen molar-refractivity contribution in [3.05, 3.63) is 38.0 Å². The number of hydrogen-bond acceptors (Lipinski definition) is 7. The van der Waals surface area contributed by atoms with E-state index in [-0.39, 0.29) is 17.8 Å². The second-order valence-corrected chi connectivity index (χ2v) is 10.4. The summed E-state index contributed by atoms with van der Waals surface area (Å²) in [4.78, 5) is 38.7. The molecule has 35 heavy (non-hydrogen) atoms. The molecule has 3 aliphatic rings. The number of likely N-dealkylation sites (tertiary alicyclic amines) is 1. The van der Waals surface area contributed by atoms with E-state index in [0.29, 0.717) is 27.2 Å². The molecule has 2 heterocycles. The first kappa shape index (κ1) is 25.7. The normalized spacial score (nSPS) is 26.2. The largest absolute Gasteiger partial charge is 0.504 e. The molecule has 3 amide bonds. The van der Waals surface area contributed by atoms with Gasteiger partial charge in [-0.05, 0) is 78.5 Å². The van der Waals surface area contributed by atoms with E-state index in [2.05, 4.69) is 47.3 Å². The third-order valence-electron chi connectivity index (χ3n) is 7.28. The molecule has 0 radical (unpaired) electrons. The highest BCUT2D eigenvalue weighted by Crippen LogP contribution is 2.50. The third kappa shape index (κ3) is 4.60. The van der Waals surface area contributed by atoms with Crippen LogP contribution < -0.4 is 4.74 Å². The highest BCUT2D eigenvalue weighted by molar-refractivity contribution is 14.1. The lowest BCUT2D eigenvalue weighted by atomic mass is 9.69. The van der Waals surface area contributed by atoms with E-state index in [0.717, 1.165) is 41.5 Å². The summed E-state index contributed by atoms with van der Waals surface area (Å²) in [6.45, 7) is 4.48. The fourth-order valence-corrected chi connectivity index (χ4v) is 6.26. The lowest BCUT2D eigenvalue weighted by Crippen LogP contribution is -2.38. The first-order valence-corrected chi connectivity index (χ1v) is 12.8. The molecule has 0 bridgehead atoms. The van der Waals surface area contributed by atoms with Gasteiger partial charge in [0.05, 0.1) is 42.3 Å². The average molecular weight is 595 g/mol. The number of carbonyl (C=O) groups is 3. The minimum absolute atomic E-state index is 0.121. The fraction of sp³-hybridized carbons (Fsp3) is 0.500. The Labute approximate surface area is 218 Å². The number of phenols is 1. The fourth-order valence-electron chi connectivity index (χ4n) is 5.63. The molecule has 8 nitrogen and oxygen atoms in total. The number of imide groups is 3. The highest BCUT2D eigenvalue weighted by Gasteiger charge is 2.58. The number of nitrogens with zero attached hydrogens (tertiary/aromatic N) is 1. The monoisotopic (exact) mass is 595 g/mol. The Hall–Kier alpha value is -2.40. The molecule has 9 heteroatoms. The number of benzene rings is 1. The molecule has 0 unspecified atom stereocenters. The van der Waals surface area contributed by atoms with Gasteiger partial charge in [0.15, 0.2) is 11.5 Å². The first-order chi connectivity index (χ1) is 16.7. The summed E-state index contributed by atoms with van der Waals surface area (Å²) in [7, 11) is 2.70. The van der Waals surface area contributed by atoms with Gasteiger partial charge in [0, 0.05) is 5.92 Å². The zero-order valence-electron chi connectivity index (χ0n) is 20.3. The maximum Gasteiger partial charge on any atom is 0.423 e. The number of methoxy groups -OCH3 is 2. The molecule has 0 spiro atoms. The van der Waals surface area contributed by atoms with Crippen molar-refractivity contribution >= 4 is 46.6 Å². The van der Waals surface area contributed by atoms with Crippen molar-refractivity contribution in [3.63, 3.8) is 0 Å². The van der Waals surface area contributed by atoms with Crippen LogP contribution in [0.1, 0.15) is 45.1 Å². The quantitative estimate of drug-likeness (QED) is 0.290. The van der Waals surface area contributed by atoms with Crippen molar-refractivity contribution in [1.82, 2.24) is 4.90 Å². The second-order valence-electron chi connectivity index (χ2n) is 9.24. The number of fused-ring (bicyclic) bond motifs is 3. The molecule has 1 aromatic carbocycles. The smallest absolute Gasteiger partial charge is 0.423 e. The Kier molecular flexibility index (Phi) is 7.56. The molecular weight excluding hydrogens is 565 g/mol. The van der Waals surface area contributed by atoms with Gasteiger partial charge in [-0.3, -0.25) is 9.59 Å². The van der Waals surface area contributed by atoms with Crippen LogP contribution in [0.4, 0.5) is 4.79 Å². The van der Waals surface area contributed by atoms with Gasteiger partial charge in [-0.1, -0.05) is 24.1 Å². The van der Waals surface area contributed by atoms with Gasteiger partial charge in [0.1, 0.15) is 0 Å². The van der Waals surface area contributed by atoms with E-state index in [1.54, 1.807) is 6.07 Å². The lowest BCUT2D eigenvalue weighted by molar-refractivity contribution is -0.137. The van der Waals surface area contributed by atoms with Crippen molar-refractivity contribution in [2.24, 2.45) is 17.8 Å². The molecule has 2 fully saturated rings. The van der Waals surface area contributed by atoms with Crippen LogP contribution in [0.15, 0.2) is 28.9 Å². The molecule has 4 atom stereocenters. The summed E-state index contributed by atoms with van der Waals surface area (Å²) >= 11 is 2.08. The number of halogens is 1. The van der Waals surface area contributed by atoms with Crippen molar-refractivity contribution in [1.29, 1.82) is 0 Å². The van der Waals surface area contributed by atoms with Gasteiger partial charge in [-0.15, -0.1) is 0 Å². The molecule has 2 aliphatic heterocycles. The summed E-state index contributed by atoms with van der Waals surface area (Å²) < 4.78 is 16.8. The number of carbonyl (C=O) groups excluding carboxylic acids is 3. The van der Waals surface area contributed by atoms with Crippen LogP contribution in [0.25, 0.3) is 6.08 Å². The standard InChI is InChI=1S/C26H30INO7/c1-5-15-11-16-22(25(31)28(24(16)30)26(32)34-4)17-12-35-19(21(15)17)7-6-13(2)8-14-9-18(27)23(29)20(10-14)33-3/h8-10,16-17,19,22,29H,5-7,11-12H2,1-4H3/b13-8+/t16-,17+,19-,22-/m1/s1. The topological polar surface area (TPSA) is 102 Å². The Bertz CT molecular complexity index is 1120. The number of hydrogen-bond donors (Lipinski definition) is 1. The Morgan fingerprint density at radius 1 is 1.26 bits per heavy atom. The minimum Gasteiger partial charge on any atom is -0.504 e. The molecule has 2 saturated heterocycles. The number of rotatable bonds is 6. The molecule has 1 aromatic rings. The van der Waals surface area contributed by atoms with E-state index >= 15 is 0 Å². The Morgan fingerprint density at radius 3 is 2.66 bits per heavy atom. The minimum atomic E-state index is -0.911. The van der Waals surface area contributed by atoms with Gasteiger partial charge in [0.2, 0.25) is 11.8 Å². The highest BCUT2D eigenvalue weighted by atomic mass is 127. The van der Waals surface area contributed by atoms with Crippen molar-refractivity contribution in [2.75, 3.05) is 20.8 Å². The first-order valence-electron chi connectivity index (χ1n) is 11.7. The van der Waals surface area contributed by atoms with Crippen molar-refractivity contribution < 1.29 is 33.7 Å². The van der Waals surface area contributed by atoms with E-state index in [4.69, 9.17) is 9.47 Å². The van der Waals surface area contributed by atoms with Gasteiger partial charge in [0.25, 0.3) is 0 Å². The third-order valence-corrected chi connectivity index (χ3v) is 8.10. The zero-order valence-corrected chi connectivity index (χ0v) is 22.5. The van der Waals surface area contributed by atoms with Gasteiger partial charge in [-0.25, -0.2) is 4.79 Å². The lowest BCUT2D eigenvalue weighted by Gasteiger charge is -2.31. The molecule has 0 aromatic heterocycles. The van der Waals surface area contributed by atoms with Crippen LogP contribution in [0, 0.1) is 21.3 Å². The maximum atomic E-state index is 13.1. The number of allylic oxidation sites excluding steroid dienone is 2. The number of aromatic hydroxyl groups is 1. The average Bonchev–Trinajstić information content (AvgIpc) is 3.37. The molecule has 0 saturated carbocycles. The number of phenolic OH excluding ortho intramolecular Hbond substituents is 1. The number of ether oxygens (including phenoxy) is 3. The predicted molar refractivity (Wildman–Crippen MR) is 137 cm³/mol. The summed E-state index contributed by atoms with van der Waals surface area (Å²) in [5.74, 6) is -1.65. The van der Waals surface area contributed by atoms with Crippen molar-refractivity contribution in [3.8, 4) is 11.5 Å². The summed E-state index contributed by atoms with van der Waals surface area (Å²) in [6.07, 6.45) is 3.82. The predicted octanol–water partition coefficient (Wildman–Crippen LogP) is 4.68. The van der Waals surface area contributed by atoms with Crippen LogP contribution in [-0.4, -0.2) is 54.8 Å². The Balaban J connectivity index is 1.52.